The van der Waals surface area contributed by atoms with Gasteiger partial charge in [0.2, 0.25) is 0 Å². The number of rotatable bonds is 9. The topological polar surface area (TPSA) is 98.8 Å². The second kappa shape index (κ2) is 10.6. The lowest BCUT2D eigenvalue weighted by atomic mass is 10.0. The molecule has 0 bridgehead atoms. The molecule has 0 aliphatic heterocycles. The summed E-state index contributed by atoms with van der Waals surface area (Å²) in [5.74, 6) is 2.33. The van der Waals surface area contributed by atoms with Crippen molar-refractivity contribution in [3.63, 3.8) is 0 Å². The van der Waals surface area contributed by atoms with Crippen molar-refractivity contribution in [2.75, 3.05) is 27.9 Å². The largest absolute Gasteiger partial charge is 0.496 e. The van der Waals surface area contributed by atoms with E-state index in [1.165, 1.54) is 38.0 Å². The first-order chi connectivity index (χ1) is 14.5. The van der Waals surface area contributed by atoms with Crippen LogP contribution in [0.1, 0.15) is 17.3 Å². The van der Waals surface area contributed by atoms with Crippen molar-refractivity contribution < 1.29 is 33.1 Å². The summed E-state index contributed by atoms with van der Waals surface area (Å²) < 4.78 is 22.1. The van der Waals surface area contributed by atoms with Crippen LogP contribution in [0, 0.1) is 5.41 Å². The molecule has 0 amide bonds. The summed E-state index contributed by atoms with van der Waals surface area (Å²) in [5, 5.41) is 7.44. The molecule has 0 atom stereocenters. The third-order valence-corrected chi connectivity index (χ3v) is 4.10. The Bertz CT molecular complexity index is 1000. The Kier molecular flexibility index (Phi) is 7.90. The second-order valence-corrected chi connectivity index (χ2v) is 5.83. The molecule has 1 aromatic carbocycles. The molecular weight excluding hydrogens is 388 g/mol. The van der Waals surface area contributed by atoms with Crippen LogP contribution in [0.15, 0.2) is 54.4 Å². The summed E-state index contributed by atoms with van der Waals surface area (Å²) in [7, 11) is 4.50. The summed E-state index contributed by atoms with van der Waals surface area (Å²) in [6, 6.07) is 8.06. The lowest BCUT2D eigenvalue weighted by molar-refractivity contribution is -0.576. The second-order valence-electron chi connectivity index (χ2n) is 5.83. The highest BCUT2D eigenvalue weighted by atomic mass is 16.5. The van der Waals surface area contributed by atoms with Crippen molar-refractivity contribution in [2.24, 2.45) is 0 Å². The lowest BCUT2D eigenvalue weighted by Crippen LogP contribution is -2.36. The van der Waals surface area contributed by atoms with E-state index in [-0.39, 0.29) is 17.9 Å². The lowest BCUT2D eigenvalue weighted by Gasteiger charge is -2.09. The van der Waals surface area contributed by atoms with E-state index in [0.29, 0.717) is 22.8 Å². The molecule has 1 N–H and O–H groups in total. The number of aromatic nitrogens is 1. The maximum Gasteiger partial charge on any atom is 0.347 e. The first-order valence-corrected chi connectivity index (χ1v) is 8.99. The van der Waals surface area contributed by atoms with Crippen LogP contribution in [0.25, 0.3) is 5.70 Å². The van der Waals surface area contributed by atoms with Crippen LogP contribution in [-0.2, 0) is 9.53 Å². The van der Waals surface area contributed by atoms with Gasteiger partial charge >= 0.3 is 5.97 Å². The van der Waals surface area contributed by atoms with Gasteiger partial charge in [-0.15, -0.1) is 0 Å². The third-order valence-electron chi connectivity index (χ3n) is 4.10. The third kappa shape index (κ3) is 5.12. The molecule has 2 aromatic rings. The smallest absolute Gasteiger partial charge is 0.347 e. The van der Waals surface area contributed by atoms with E-state index in [1.54, 1.807) is 43.6 Å². The summed E-state index contributed by atoms with van der Waals surface area (Å²) in [6.45, 7) is 1.78. The van der Waals surface area contributed by atoms with Crippen LogP contribution in [0.2, 0.25) is 0 Å². The highest BCUT2D eigenvalue weighted by molar-refractivity contribution is 6.23. The molecular formula is C22H23N2O6+. The number of nitrogens with zero attached hydrogens (tertiary/aromatic N) is 1. The number of benzene rings is 1. The highest BCUT2D eigenvalue weighted by Gasteiger charge is 2.25. The molecule has 156 valence electrons. The zero-order valence-electron chi connectivity index (χ0n) is 17.2. The van der Waals surface area contributed by atoms with Gasteiger partial charge in [0.15, 0.2) is 23.9 Å². The minimum Gasteiger partial charge on any atom is -0.496 e. The van der Waals surface area contributed by atoms with Gasteiger partial charge < -0.3 is 18.9 Å². The number of ether oxygens (including phenoxy) is 4. The van der Waals surface area contributed by atoms with E-state index in [2.05, 4.69) is 0 Å². The molecule has 30 heavy (non-hydrogen) atoms. The summed E-state index contributed by atoms with van der Waals surface area (Å²) in [6.07, 6.45) is 4.47. The van der Waals surface area contributed by atoms with Gasteiger partial charge in [0.05, 0.1) is 27.9 Å². The minimum atomic E-state index is -0.751. The van der Waals surface area contributed by atoms with Gasteiger partial charge in [-0.05, 0) is 31.0 Å². The Morgan fingerprint density at radius 2 is 1.70 bits per heavy atom. The number of hydrogen-bond acceptors (Lipinski definition) is 7. The van der Waals surface area contributed by atoms with E-state index in [4.69, 9.17) is 24.4 Å². The Morgan fingerprint density at radius 1 is 1.03 bits per heavy atom. The van der Waals surface area contributed by atoms with Crippen LogP contribution in [0.3, 0.4) is 0 Å². The maximum absolute atomic E-state index is 13.3. The molecule has 0 spiro atoms. The Balaban J connectivity index is 2.60. The number of Topliss-reactive ketones (excluding diaryl/α,β-unsaturated/α-hetero) is 1. The molecule has 1 aromatic heterocycles. The SMILES string of the molecule is CCOC(=O)C(=C=N)/C=C(/C(=O)c1ccc(OC)c(OC)c1)[n+]1ccc(OC)cc1. The monoisotopic (exact) mass is 411 g/mol. The van der Waals surface area contributed by atoms with E-state index < -0.39 is 11.8 Å². The zero-order chi connectivity index (χ0) is 22.1. The average Bonchev–Trinajstić information content (AvgIpc) is 2.79. The van der Waals surface area contributed by atoms with Gasteiger partial charge in [-0.1, -0.05) is 0 Å². The number of ketones is 1. The van der Waals surface area contributed by atoms with E-state index in [0.717, 1.165) is 0 Å². The molecule has 0 saturated carbocycles. The van der Waals surface area contributed by atoms with Crippen molar-refractivity contribution in [3.05, 3.63) is 59.9 Å². The van der Waals surface area contributed by atoms with Crippen molar-refractivity contribution in [3.8, 4) is 17.2 Å². The molecule has 0 unspecified atom stereocenters. The van der Waals surface area contributed by atoms with Crippen LogP contribution in [0.5, 0.6) is 17.2 Å². The molecule has 0 radical (unpaired) electrons. The average molecular weight is 411 g/mol. The van der Waals surface area contributed by atoms with Gasteiger partial charge in [-0.25, -0.2) is 4.79 Å². The molecule has 2 rings (SSSR count). The van der Waals surface area contributed by atoms with Crippen LogP contribution >= 0.6 is 0 Å². The number of nitrogens with one attached hydrogen (secondary N) is 1. The van der Waals surface area contributed by atoms with Crippen LogP contribution in [0.4, 0.5) is 0 Å². The number of pyridine rings is 1. The first kappa shape index (κ1) is 22.4. The normalized spacial score (nSPS) is 10.6. The fourth-order valence-corrected chi connectivity index (χ4v) is 2.58. The van der Waals surface area contributed by atoms with Crippen LogP contribution in [-0.4, -0.2) is 45.6 Å². The van der Waals surface area contributed by atoms with Gasteiger partial charge in [-0.2, -0.15) is 4.57 Å². The van der Waals surface area contributed by atoms with E-state index in [1.807, 2.05) is 5.87 Å². The van der Waals surface area contributed by atoms with Gasteiger partial charge in [0.1, 0.15) is 11.3 Å². The Hall–Kier alpha value is -3.90. The van der Waals surface area contributed by atoms with Crippen molar-refractivity contribution in [1.82, 2.24) is 0 Å². The fraction of sp³-hybridized carbons (Fsp3) is 0.227. The first-order valence-electron chi connectivity index (χ1n) is 8.99. The highest BCUT2D eigenvalue weighted by Crippen LogP contribution is 2.28. The van der Waals surface area contributed by atoms with Gasteiger partial charge in [0, 0.05) is 23.8 Å². The summed E-state index contributed by atoms with van der Waals surface area (Å²) in [5.41, 5.74) is 0.215. The van der Waals surface area contributed by atoms with Crippen molar-refractivity contribution in [2.45, 2.75) is 6.92 Å². The summed E-state index contributed by atoms with van der Waals surface area (Å²) >= 11 is 0. The minimum absolute atomic E-state index is 0.104. The van der Waals surface area contributed by atoms with Crippen LogP contribution < -0.4 is 18.8 Å². The molecule has 0 fully saturated rings. The quantitative estimate of drug-likeness (QED) is 0.170. The standard InChI is InChI=1S/C22H23N2O6/c1-5-30-22(26)16(14-23)12-18(24-10-8-17(27-2)9-11-24)21(25)15-6-7-19(28-3)20(13-15)29-4/h6-13,23H,5H2,1-4H3/q+1/b18-12-. The molecule has 0 aliphatic rings. The van der Waals surface area contributed by atoms with Gasteiger partial charge in [0.25, 0.3) is 11.5 Å². The zero-order valence-corrected chi connectivity index (χ0v) is 17.2. The molecule has 8 nitrogen and oxygen atoms in total. The van der Waals surface area contributed by atoms with E-state index >= 15 is 0 Å². The number of hydrogen-bond donors (Lipinski definition) is 1. The fourth-order valence-electron chi connectivity index (χ4n) is 2.58. The molecule has 8 heteroatoms. The molecule has 0 saturated heterocycles. The Labute approximate surface area is 174 Å². The number of allylic oxidation sites excluding steroid dienone is 1. The summed E-state index contributed by atoms with van der Waals surface area (Å²) in [4.78, 5) is 25.4. The van der Waals surface area contributed by atoms with Crippen molar-refractivity contribution in [1.29, 1.82) is 5.41 Å². The Morgan fingerprint density at radius 3 is 2.23 bits per heavy atom. The number of methoxy groups -OCH3 is 3. The predicted molar refractivity (Wildman–Crippen MR) is 109 cm³/mol. The van der Waals surface area contributed by atoms with E-state index in [9.17, 15) is 9.59 Å². The molecule has 1 heterocycles. The molecule has 0 aliphatic carbocycles. The predicted octanol–water partition coefficient (Wildman–Crippen LogP) is 2.46. The number of carbonyl (C=O) groups excluding carboxylic acids is 2. The van der Waals surface area contributed by atoms with Gasteiger partial charge in [-0.3, -0.25) is 10.2 Å². The number of esters is 1. The van der Waals surface area contributed by atoms with Crippen molar-refractivity contribution >= 4 is 23.3 Å². The number of carbonyl (C=O) groups is 2. The maximum atomic E-state index is 13.3.